The van der Waals surface area contributed by atoms with Gasteiger partial charge in [0, 0.05) is 55.5 Å². The van der Waals surface area contributed by atoms with Crippen molar-refractivity contribution in [3.8, 4) is 0 Å². The Morgan fingerprint density at radius 3 is 2.67 bits per heavy atom. The molecule has 2 aromatic heterocycles. The second-order valence-electron chi connectivity index (χ2n) is 8.21. The third-order valence-corrected chi connectivity index (χ3v) is 6.21. The Bertz CT molecular complexity index is 1190. The smallest absolute Gasteiger partial charge is 0.187 e. The van der Waals surface area contributed by atoms with Crippen LogP contribution in [0.2, 0.25) is 0 Å². The zero-order valence-corrected chi connectivity index (χ0v) is 18.3. The number of anilines is 1. The van der Waals surface area contributed by atoms with E-state index in [0.29, 0.717) is 24.8 Å². The van der Waals surface area contributed by atoms with E-state index in [1.165, 1.54) is 0 Å². The van der Waals surface area contributed by atoms with Gasteiger partial charge in [0.2, 0.25) is 0 Å². The average Bonchev–Trinajstić information content (AvgIpc) is 3.41. The Kier molecular flexibility index (Phi) is 5.04. The number of morpholine rings is 1. The molecule has 0 spiro atoms. The largest absolute Gasteiger partial charge is 0.473 e. The minimum atomic E-state index is -0.330. The molecule has 1 aromatic carbocycles. The van der Waals surface area contributed by atoms with E-state index < -0.39 is 0 Å². The van der Waals surface area contributed by atoms with Crippen molar-refractivity contribution in [1.29, 1.82) is 0 Å². The Morgan fingerprint density at radius 2 is 1.88 bits per heavy atom. The summed E-state index contributed by atoms with van der Waals surface area (Å²) in [5.41, 5.74) is 4.95. The first-order valence-electron chi connectivity index (χ1n) is 11.1. The molecule has 1 saturated heterocycles. The summed E-state index contributed by atoms with van der Waals surface area (Å²) in [5.74, 6) is 1.41. The van der Waals surface area contributed by atoms with E-state index >= 15 is 0 Å². The SMILES string of the molecule is CN1C2=C(OC(c3cc[nH]n3)c3ccccc32)C(Nc2ccncc2)=NC1N1CCOCC1. The number of aromatic amines is 1. The number of hydrogen-bond donors (Lipinski definition) is 2. The molecule has 0 amide bonds. The third-order valence-electron chi connectivity index (χ3n) is 6.21. The first-order valence-corrected chi connectivity index (χ1v) is 11.1. The van der Waals surface area contributed by atoms with Gasteiger partial charge in [-0.3, -0.25) is 15.0 Å². The molecule has 6 rings (SSSR count). The first-order chi connectivity index (χ1) is 16.3. The highest BCUT2D eigenvalue weighted by atomic mass is 16.5. The van der Waals surface area contributed by atoms with Gasteiger partial charge in [-0.15, -0.1) is 0 Å². The van der Waals surface area contributed by atoms with Crippen LogP contribution >= 0.6 is 0 Å². The summed E-state index contributed by atoms with van der Waals surface area (Å²) in [6.45, 7) is 3.05. The van der Waals surface area contributed by atoms with Crippen LogP contribution in [-0.4, -0.2) is 70.5 Å². The molecule has 2 N–H and O–H groups in total. The Hall–Kier alpha value is -3.69. The summed E-state index contributed by atoms with van der Waals surface area (Å²) in [4.78, 5) is 13.8. The predicted molar refractivity (Wildman–Crippen MR) is 124 cm³/mol. The van der Waals surface area contributed by atoms with Gasteiger partial charge in [0.05, 0.1) is 18.9 Å². The fraction of sp³-hybridized carbons (Fsp3) is 0.292. The maximum Gasteiger partial charge on any atom is 0.187 e. The third kappa shape index (κ3) is 3.55. The molecular formula is C24H25N7O2. The lowest BCUT2D eigenvalue weighted by Crippen LogP contribution is -2.53. The minimum absolute atomic E-state index is 0.171. The fourth-order valence-corrected chi connectivity index (χ4v) is 4.63. The van der Waals surface area contributed by atoms with Crippen molar-refractivity contribution in [2.45, 2.75) is 12.4 Å². The highest BCUT2D eigenvalue weighted by Crippen LogP contribution is 2.43. The van der Waals surface area contributed by atoms with Crippen molar-refractivity contribution < 1.29 is 9.47 Å². The standard InChI is InChI=1S/C24H25N7O2/c1-30-20-17-4-2-3-5-18(17)21(19-8-11-26-29-19)33-22(20)23(27-16-6-9-25-10-7-16)28-24(30)31-12-14-32-15-13-31/h2-11,21,24H,12-15H2,1H3,(H,26,29)(H,25,27,28). The second-order valence-corrected chi connectivity index (χ2v) is 8.21. The van der Waals surface area contributed by atoms with Crippen LogP contribution < -0.4 is 5.32 Å². The van der Waals surface area contributed by atoms with E-state index in [2.05, 4.69) is 55.5 Å². The summed E-state index contributed by atoms with van der Waals surface area (Å²) >= 11 is 0. The monoisotopic (exact) mass is 443 g/mol. The molecule has 168 valence electrons. The molecule has 33 heavy (non-hydrogen) atoms. The molecule has 3 aliphatic rings. The van der Waals surface area contributed by atoms with Crippen molar-refractivity contribution in [1.82, 2.24) is 25.0 Å². The Labute approximate surface area is 191 Å². The topological polar surface area (TPSA) is 90.9 Å². The molecule has 5 heterocycles. The lowest BCUT2D eigenvalue weighted by molar-refractivity contribution is -0.0115. The molecule has 1 fully saturated rings. The van der Waals surface area contributed by atoms with Gasteiger partial charge in [0.1, 0.15) is 5.69 Å². The van der Waals surface area contributed by atoms with Crippen molar-refractivity contribution in [2.24, 2.45) is 4.99 Å². The molecule has 2 unspecified atom stereocenters. The van der Waals surface area contributed by atoms with Gasteiger partial charge in [-0.25, -0.2) is 4.99 Å². The quantitative estimate of drug-likeness (QED) is 0.643. The maximum absolute atomic E-state index is 6.66. The van der Waals surface area contributed by atoms with E-state index in [1.54, 1.807) is 12.4 Å². The summed E-state index contributed by atoms with van der Waals surface area (Å²) in [7, 11) is 2.08. The zero-order valence-electron chi connectivity index (χ0n) is 18.3. The van der Waals surface area contributed by atoms with Crippen LogP contribution in [0.25, 0.3) is 5.70 Å². The van der Waals surface area contributed by atoms with Gasteiger partial charge >= 0.3 is 0 Å². The molecule has 3 aromatic rings. The van der Waals surface area contributed by atoms with Gasteiger partial charge in [-0.2, -0.15) is 5.10 Å². The number of ether oxygens (including phenoxy) is 2. The van der Waals surface area contributed by atoms with Crippen LogP contribution in [-0.2, 0) is 9.47 Å². The number of pyridine rings is 1. The average molecular weight is 444 g/mol. The molecular weight excluding hydrogens is 418 g/mol. The van der Waals surface area contributed by atoms with Crippen LogP contribution in [0, 0.1) is 0 Å². The van der Waals surface area contributed by atoms with Gasteiger partial charge in [0.15, 0.2) is 24.0 Å². The fourth-order valence-electron chi connectivity index (χ4n) is 4.63. The first kappa shape index (κ1) is 20.0. The summed E-state index contributed by atoms with van der Waals surface area (Å²) in [6.07, 6.45) is 4.84. The molecule has 2 atom stereocenters. The second kappa shape index (κ2) is 8.34. The predicted octanol–water partition coefficient (Wildman–Crippen LogP) is 2.66. The maximum atomic E-state index is 6.66. The Morgan fingerprint density at radius 1 is 1.06 bits per heavy atom. The number of amidine groups is 1. The van der Waals surface area contributed by atoms with Crippen molar-refractivity contribution in [3.63, 3.8) is 0 Å². The molecule has 0 aliphatic carbocycles. The number of H-pyrrole nitrogens is 1. The summed E-state index contributed by atoms with van der Waals surface area (Å²) in [5, 5.41) is 10.8. The van der Waals surface area contributed by atoms with E-state index in [-0.39, 0.29) is 12.4 Å². The number of nitrogens with zero attached hydrogens (tertiary/aromatic N) is 5. The summed E-state index contributed by atoms with van der Waals surface area (Å²) < 4.78 is 12.2. The van der Waals surface area contributed by atoms with E-state index in [0.717, 1.165) is 41.3 Å². The minimum Gasteiger partial charge on any atom is -0.473 e. The van der Waals surface area contributed by atoms with Crippen LogP contribution in [0.4, 0.5) is 5.69 Å². The van der Waals surface area contributed by atoms with Gasteiger partial charge in [0.25, 0.3) is 0 Å². The number of aromatic nitrogens is 3. The van der Waals surface area contributed by atoms with E-state index in [9.17, 15) is 0 Å². The van der Waals surface area contributed by atoms with Gasteiger partial charge in [-0.05, 0) is 18.2 Å². The normalized spacial score (nSPS) is 22.8. The number of rotatable bonds is 3. The lowest BCUT2D eigenvalue weighted by Gasteiger charge is -2.44. The number of aliphatic imine (C=N–C) groups is 1. The zero-order chi connectivity index (χ0) is 22.2. The van der Waals surface area contributed by atoms with Crippen LogP contribution in [0.3, 0.4) is 0 Å². The van der Waals surface area contributed by atoms with Gasteiger partial charge < -0.3 is 19.7 Å². The summed E-state index contributed by atoms with van der Waals surface area (Å²) in [6, 6.07) is 14.2. The number of benzene rings is 1. The highest BCUT2D eigenvalue weighted by molar-refractivity contribution is 6.12. The Balaban J connectivity index is 1.48. The van der Waals surface area contributed by atoms with Crippen LogP contribution in [0.5, 0.6) is 0 Å². The van der Waals surface area contributed by atoms with Crippen molar-refractivity contribution in [3.05, 3.63) is 83.6 Å². The molecule has 0 saturated carbocycles. The number of nitrogens with one attached hydrogen (secondary N) is 2. The van der Waals surface area contributed by atoms with Gasteiger partial charge in [-0.1, -0.05) is 24.3 Å². The molecule has 9 heteroatoms. The highest BCUT2D eigenvalue weighted by Gasteiger charge is 2.40. The molecule has 0 radical (unpaired) electrons. The van der Waals surface area contributed by atoms with Crippen molar-refractivity contribution >= 4 is 17.2 Å². The van der Waals surface area contributed by atoms with E-state index in [4.69, 9.17) is 14.5 Å². The lowest BCUT2D eigenvalue weighted by atomic mass is 9.93. The number of hydrogen-bond acceptors (Lipinski definition) is 8. The van der Waals surface area contributed by atoms with Crippen LogP contribution in [0.15, 0.2) is 71.8 Å². The molecule has 9 nitrogen and oxygen atoms in total. The van der Waals surface area contributed by atoms with E-state index in [1.807, 2.05) is 30.5 Å². The molecule has 0 bridgehead atoms. The molecule has 3 aliphatic heterocycles. The van der Waals surface area contributed by atoms with Crippen LogP contribution in [0.1, 0.15) is 22.9 Å². The number of fused-ring (bicyclic) bond motifs is 2. The van der Waals surface area contributed by atoms with Crippen molar-refractivity contribution in [2.75, 3.05) is 38.7 Å².